The summed E-state index contributed by atoms with van der Waals surface area (Å²) in [6.45, 7) is 3.58. The van der Waals surface area contributed by atoms with Crippen LogP contribution in [0.4, 0.5) is 0 Å². The van der Waals surface area contributed by atoms with Crippen molar-refractivity contribution >= 4 is 11.8 Å². The minimum Gasteiger partial charge on any atom is -0.497 e. The molecule has 0 bridgehead atoms. The van der Waals surface area contributed by atoms with E-state index < -0.39 is 0 Å². The van der Waals surface area contributed by atoms with Gasteiger partial charge in [-0.05, 0) is 37.0 Å². The number of hydrogen-bond acceptors (Lipinski definition) is 3. The minimum absolute atomic E-state index is 0.0269. The van der Waals surface area contributed by atoms with Crippen LogP contribution in [0.3, 0.4) is 0 Å². The van der Waals surface area contributed by atoms with Crippen LogP contribution < -0.4 is 10.1 Å². The monoisotopic (exact) mass is 332 g/mol. The second-order valence-electron chi connectivity index (χ2n) is 6.35. The normalized spacial score (nSPS) is 15.2. The van der Waals surface area contributed by atoms with Gasteiger partial charge in [0.2, 0.25) is 11.8 Å². The SMILES string of the molecule is CCCCC(=O)N1CCC(NC(=O)Cc2cccc(OC)c2)CC1. The summed E-state index contributed by atoms with van der Waals surface area (Å²) in [6.07, 6.45) is 4.66. The van der Waals surface area contributed by atoms with Gasteiger partial charge in [-0.25, -0.2) is 0 Å². The number of carbonyl (C=O) groups is 2. The van der Waals surface area contributed by atoms with Gasteiger partial charge in [0, 0.05) is 25.6 Å². The molecule has 5 nitrogen and oxygen atoms in total. The van der Waals surface area contributed by atoms with Crippen LogP contribution in [-0.4, -0.2) is 43.0 Å². The van der Waals surface area contributed by atoms with Gasteiger partial charge in [0.15, 0.2) is 0 Å². The molecule has 0 radical (unpaired) electrons. The molecule has 0 atom stereocenters. The van der Waals surface area contributed by atoms with Crippen LogP contribution >= 0.6 is 0 Å². The standard InChI is InChI=1S/C19H28N2O3/c1-3-4-8-19(23)21-11-9-16(10-12-21)20-18(22)14-15-6-5-7-17(13-15)24-2/h5-7,13,16H,3-4,8-12,14H2,1-2H3,(H,20,22). The first-order valence-electron chi connectivity index (χ1n) is 8.82. The van der Waals surface area contributed by atoms with Crippen molar-refractivity contribution in [2.45, 2.75) is 51.5 Å². The molecule has 1 aromatic rings. The van der Waals surface area contributed by atoms with Crippen molar-refractivity contribution in [1.29, 1.82) is 0 Å². The third kappa shape index (κ3) is 5.55. The molecule has 2 amide bonds. The second-order valence-corrected chi connectivity index (χ2v) is 6.35. The molecule has 5 heteroatoms. The van der Waals surface area contributed by atoms with Crippen LogP contribution in [0.25, 0.3) is 0 Å². The molecule has 0 aliphatic carbocycles. The van der Waals surface area contributed by atoms with Crippen LogP contribution in [-0.2, 0) is 16.0 Å². The number of nitrogens with one attached hydrogen (secondary N) is 1. The molecule has 24 heavy (non-hydrogen) atoms. The van der Waals surface area contributed by atoms with Crippen LogP contribution in [0.15, 0.2) is 24.3 Å². The molecule has 1 heterocycles. The summed E-state index contributed by atoms with van der Waals surface area (Å²) in [5.41, 5.74) is 0.944. The lowest BCUT2D eigenvalue weighted by Crippen LogP contribution is -2.46. The van der Waals surface area contributed by atoms with Gasteiger partial charge < -0.3 is 15.0 Å². The molecule has 0 spiro atoms. The van der Waals surface area contributed by atoms with E-state index in [9.17, 15) is 9.59 Å². The van der Waals surface area contributed by atoms with E-state index in [1.165, 1.54) is 0 Å². The molecule has 1 saturated heterocycles. The van der Waals surface area contributed by atoms with Crippen molar-refractivity contribution in [1.82, 2.24) is 10.2 Å². The lowest BCUT2D eigenvalue weighted by Gasteiger charge is -2.32. The van der Waals surface area contributed by atoms with Crippen molar-refractivity contribution in [2.24, 2.45) is 0 Å². The predicted molar refractivity (Wildman–Crippen MR) is 94.0 cm³/mol. The smallest absolute Gasteiger partial charge is 0.224 e. The molecule has 0 unspecified atom stereocenters. The number of piperidine rings is 1. The van der Waals surface area contributed by atoms with Gasteiger partial charge >= 0.3 is 0 Å². The number of benzene rings is 1. The zero-order valence-corrected chi connectivity index (χ0v) is 14.7. The Bertz CT molecular complexity index is 551. The minimum atomic E-state index is 0.0269. The number of nitrogens with zero attached hydrogens (tertiary/aromatic N) is 1. The van der Waals surface area contributed by atoms with Crippen molar-refractivity contribution in [2.75, 3.05) is 20.2 Å². The van der Waals surface area contributed by atoms with Crippen molar-refractivity contribution < 1.29 is 14.3 Å². The number of methoxy groups -OCH3 is 1. The molecule has 1 aliphatic rings. The van der Waals surface area contributed by atoms with E-state index in [1.54, 1.807) is 7.11 Å². The van der Waals surface area contributed by atoms with Crippen LogP contribution in [0, 0.1) is 0 Å². The molecule has 0 aromatic heterocycles. The van der Waals surface area contributed by atoms with Crippen LogP contribution in [0.5, 0.6) is 5.75 Å². The Morgan fingerprint density at radius 1 is 1.29 bits per heavy atom. The van der Waals surface area contributed by atoms with Gasteiger partial charge in [0.1, 0.15) is 5.75 Å². The van der Waals surface area contributed by atoms with E-state index >= 15 is 0 Å². The maximum atomic E-state index is 12.2. The first kappa shape index (κ1) is 18.3. The molecule has 132 valence electrons. The van der Waals surface area contributed by atoms with Gasteiger partial charge in [0.05, 0.1) is 13.5 Å². The zero-order chi connectivity index (χ0) is 17.4. The molecule has 1 aliphatic heterocycles. The van der Waals surface area contributed by atoms with E-state index in [2.05, 4.69) is 12.2 Å². The van der Waals surface area contributed by atoms with Gasteiger partial charge in [0.25, 0.3) is 0 Å². The zero-order valence-electron chi connectivity index (χ0n) is 14.7. The summed E-state index contributed by atoms with van der Waals surface area (Å²) < 4.78 is 5.18. The Labute approximate surface area is 144 Å². The summed E-state index contributed by atoms with van der Waals surface area (Å²) in [6, 6.07) is 7.73. The maximum absolute atomic E-state index is 12.2. The first-order chi connectivity index (χ1) is 11.6. The summed E-state index contributed by atoms with van der Waals surface area (Å²) in [7, 11) is 1.62. The van der Waals surface area contributed by atoms with Gasteiger partial charge in [-0.2, -0.15) is 0 Å². The molecule has 0 saturated carbocycles. The third-order valence-corrected chi connectivity index (χ3v) is 4.46. The number of carbonyl (C=O) groups excluding carboxylic acids is 2. The fraction of sp³-hybridized carbons (Fsp3) is 0.579. The van der Waals surface area contributed by atoms with E-state index in [-0.39, 0.29) is 17.9 Å². The maximum Gasteiger partial charge on any atom is 0.224 e. The number of rotatable bonds is 7. The Balaban J connectivity index is 1.74. The molecular formula is C19H28N2O3. The average molecular weight is 332 g/mol. The number of amides is 2. The van der Waals surface area contributed by atoms with E-state index in [1.807, 2.05) is 29.2 Å². The Morgan fingerprint density at radius 2 is 2.04 bits per heavy atom. The second kappa shape index (κ2) is 9.30. The highest BCUT2D eigenvalue weighted by Crippen LogP contribution is 2.15. The Kier molecular flexibility index (Phi) is 7.09. The highest BCUT2D eigenvalue weighted by atomic mass is 16.5. The quantitative estimate of drug-likeness (QED) is 0.835. The number of ether oxygens (including phenoxy) is 1. The molecule has 1 N–H and O–H groups in total. The van der Waals surface area contributed by atoms with Crippen molar-refractivity contribution in [3.63, 3.8) is 0 Å². The van der Waals surface area contributed by atoms with Gasteiger partial charge in [-0.1, -0.05) is 25.5 Å². The summed E-state index contributed by atoms with van der Waals surface area (Å²) in [5.74, 6) is 1.04. The summed E-state index contributed by atoms with van der Waals surface area (Å²) in [5, 5.41) is 3.09. The fourth-order valence-electron chi connectivity index (χ4n) is 3.01. The highest BCUT2D eigenvalue weighted by Gasteiger charge is 2.23. The van der Waals surface area contributed by atoms with Crippen molar-refractivity contribution in [3.8, 4) is 5.75 Å². The fourth-order valence-corrected chi connectivity index (χ4v) is 3.01. The van der Waals surface area contributed by atoms with E-state index in [4.69, 9.17) is 4.74 Å². The summed E-state index contributed by atoms with van der Waals surface area (Å²) >= 11 is 0. The van der Waals surface area contributed by atoms with E-state index in [0.29, 0.717) is 12.8 Å². The van der Waals surface area contributed by atoms with Crippen LogP contribution in [0.2, 0.25) is 0 Å². The van der Waals surface area contributed by atoms with Crippen molar-refractivity contribution in [3.05, 3.63) is 29.8 Å². The molecule has 1 aromatic carbocycles. The summed E-state index contributed by atoms with van der Waals surface area (Å²) in [4.78, 5) is 26.1. The molecule has 2 rings (SSSR count). The predicted octanol–water partition coefficient (Wildman–Crippen LogP) is 2.54. The number of likely N-dealkylation sites (tertiary alicyclic amines) is 1. The van der Waals surface area contributed by atoms with Gasteiger partial charge in [-0.3, -0.25) is 9.59 Å². The van der Waals surface area contributed by atoms with Gasteiger partial charge in [-0.15, -0.1) is 0 Å². The molecule has 1 fully saturated rings. The number of unbranched alkanes of at least 4 members (excludes halogenated alkanes) is 1. The average Bonchev–Trinajstić information content (AvgIpc) is 2.60. The largest absolute Gasteiger partial charge is 0.497 e. The lowest BCUT2D eigenvalue weighted by atomic mass is 10.0. The first-order valence-corrected chi connectivity index (χ1v) is 8.82. The number of hydrogen-bond donors (Lipinski definition) is 1. The lowest BCUT2D eigenvalue weighted by molar-refractivity contribution is -0.132. The molecular weight excluding hydrogens is 304 g/mol. The van der Waals surface area contributed by atoms with Crippen LogP contribution in [0.1, 0.15) is 44.6 Å². The Morgan fingerprint density at radius 3 is 2.71 bits per heavy atom. The topological polar surface area (TPSA) is 58.6 Å². The van der Waals surface area contributed by atoms with E-state index in [0.717, 1.165) is 50.1 Å². The highest BCUT2D eigenvalue weighted by molar-refractivity contribution is 5.79. The third-order valence-electron chi connectivity index (χ3n) is 4.46. The Hall–Kier alpha value is -2.04.